The fourth-order valence-corrected chi connectivity index (χ4v) is 2.82. The zero-order valence-corrected chi connectivity index (χ0v) is 12.7. The molecule has 3 rings (SSSR count). The maximum atomic E-state index is 4.46. The van der Waals surface area contributed by atoms with Crippen LogP contribution in [-0.2, 0) is 13.0 Å². The van der Waals surface area contributed by atoms with E-state index < -0.39 is 0 Å². The molecule has 0 aliphatic heterocycles. The molecule has 3 aromatic heterocycles. The molecule has 0 aromatic carbocycles. The van der Waals surface area contributed by atoms with E-state index in [1.54, 1.807) is 17.5 Å². The first-order valence-electron chi connectivity index (χ1n) is 6.87. The summed E-state index contributed by atoms with van der Waals surface area (Å²) in [6.07, 6.45) is 6.43. The Labute approximate surface area is 127 Å². The molecule has 0 aliphatic carbocycles. The molecule has 0 fully saturated rings. The molecule has 0 aliphatic rings. The second-order valence-electron chi connectivity index (χ2n) is 4.80. The third-order valence-electron chi connectivity index (χ3n) is 3.21. The van der Waals surface area contributed by atoms with Crippen molar-refractivity contribution in [2.75, 3.05) is 6.54 Å². The van der Waals surface area contributed by atoms with Crippen LogP contribution in [0.15, 0.2) is 36.1 Å². The molecule has 0 radical (unpaired) electrons. The maximum absolute atomic E-state index is 4.46. The lowest BCUT2D eigenvalue weighted by molar-refractivity contribution is 0.682. The third-order valence-corrected chi connectivity index (χ3v) is 4.03. The van der Waals surface area contributed by atoms with Crippen LogP contribution in [0, 0.1) is 6.92 Å². The highest BCUT2D eigenvalue weighted by atomic mass is 32.1. The maximum Gasteiger partial charge on any atom is 0.0897 e. The van der Waals surface area contributed by atoms with Crippen molar-refractivity contribution in [3.63, 3.8) is 0 Å². The van der Waals surface area contributed by atoms with Gasteiger partial charge in [0.1, 0.15) is 0 Å². The smallest absolute Gasteiger partial charge is 0.0897 e. The minimum Gasteiger partial charge on any atom is -0.312 e. The molecule has 3 aromatic rings. The van der Waals surface area contributed by atoms with Gasteiger partial charge < -0.3 is 5.32 Å². The van der Waals surface area contributed by atoms with Crippen LogP contribution in [0.1, 0.15) is 16.3 Å². The number of aryl methyl sites for hydroxylation is 1. The van der Waals surface area contributed by atoms with Gasteiger partial charge in [0.15, 0.2) is 0 Å². The van der Waals surface area contributed by atoms with Gasteiger partial charge in [-0.1, -0.05) is 0 Å². The lowest BCUT2D eigenvalue weighted by Crippen LogP contribution is -2.17. The Morgan fingerprint density at radius 3 is 3.05 bits per heavy atom. The summed E-state index contributed by atoms with van der Waals surface area (Å²) in [6, 6.07) is 3.96. The van der Waals surface area contributed by atoms with Gasteiger partial charge in [0, 0.05) is 48.4 Å². The average Bonchev–Trinajstić information content (AvgIpc) is 3.13. The van der Waals surface area contributed by atoms with E-state index in [9.17, 15) is 0 Å². The van der Waals surface area contributed by atoms with E-state index in [0.717, 1.165) is 47.0 Å². The largest absolute Gasteiger partial charge is 0.312 e. The highest BCUT2D eigenvalue weighted by Crippen LogP contribution is 2.19. The number of aromatic nitrogens is 4. The first-order chi connectivity index (χ1) is 10.3. The van der Waals surface area contributed by atoms with Crippen molar-refractivity contribution in [3.05, 3.63) is 52.4 Å². The number of pyridine rings is 1. The first kappa shape index (κ1) is 13.9. The molecule has 0 atom stereocenters. The molecule has 5 nitrogen and oxygen atoms in total. The van der Waals surface area contributed by atoms with Crippen LogP contribution in [-0.4, -0.2) is 26.7 Å². The standard InChI is InChI=1S/C15H17N5S/c1-11-19-14(10-21-11)4-6-17-8-13-9-18-20-15(13)12-3-2-5-16-7-12/h2-3,5,7,9-10,17H,4,6,8H2,1H3,(H,18,20). The van der Waals surface area contributed by atoms with Crippen LogP contribution in [0.2, 0.25) is 0 Å². The zero-order valence-electron chi connectivity index (χ0n) is 11.8. The van der Waals surface area contributed by atoms with Gasteiger partial charge in [0.25, 0.3) is 0 Å². The molecule has 0 saturated heterocycles. The number of nitrogens with one attached hydrogen (secondary N) is 2. The number of rotatable bonds is 6. The Balaban J connectivity index is 1.55. The van der Waals surface area contributed by atoms with Crippen LogP contribution in [0.25, 0.3) is 11.3 Å². The fraction of sp³-hybridized carbons (Fsp3) is 0.267. The number of hydrogen-bond acceptors (Lipinski definition) is 5. The van der Waals surface area contributed by atoms with Gasteiger partial charge >= 0.3 is 0 Å². The van der Waals surface area contributed by atoms with Crippen LogP contribution in [0.3, 0.4) is 0 Å². The molecule has 6 heteroatoms. The first-order valence-corrected chi connectivity index (χ1v) is 7.75. The van der Waals surface area contributed by atoms with Gasteiger partial charge in [0.05, 0.1) is 22.6 Å². The van der Waals surface area contributed by atoms with Crippen molar-refractivity contribution in [1.29, 1.82) is 0 Å². The molecule has 0 saturated carbocycles. The number of nitrogens with zero attached hydrogens (tertiary/aromatic N) is 3. The molecule has 0 unspecified atom stereocenters. The van der Waals surface area contributed by atoms with Gasteiger partial charge in [-0.15, -0.1) is 11.3 Å². The highest BCUT2D eigenvalue weighted by molar-refractivity contribution is 7.09. The Morgan fingerprint density at radius 1 is 1.33 bits per heavy atom. The Bertz CT molecular complexity index is 689. The molecule has 0 spiro atoms. The highest BCUT2D eigenvalue weighted by Gasteiger charge is 2.07. The predicted molar refractivity (Wildman–Crippen MR) is 84.1 cm³/mol. The van der Waals surface area contributed by atoms with Crippen LogP contribution < -0.4 is 5.32 Å². The fourth-order valence-electron chi connectivity index (χ4n) is 2.17. The van der Waals surface area contributed by atoms with E-state index in [2.05, 4.69) is 30.9 Å². The van der Waals surface area contributed by atoms with E-state index >= 15 is 0 Å². The Hall–Kier alpha value is -2.05. The van der Waals surface area contributed by atoms with Crippen molar-refractivity contribution in [2.24, 2.45) is 0 Å². The van der Waals surface area contributed by atoms with Gasteiger partial charge in [-0.2, -0.15) is 5.10 Å². The van der Waals surface area contributed by atoms with Crippen molar-refractivity contribution in [3.8, 4) is 11.3 Å². The van der Waals surface area contributed by atoms with E-state index in [1.807, 2.05) is 31.5 Å². The molecular formula is C15H17N5S. The SMILES string of the molecule is Cc1nc(CCNCc2cn[nH]c2-c2cccnc2)cs1. The topological polar surface area (TPSA) is 66.5 Å². The summed E-state index contributed by atoms with van der Waals surface area (Å²) >= 11 is 1.70. The Morgan fingerprint density at radius 2 is 2.29 bits per heavy atom. The number of aromatic amines is 1. The van der Waals surface area contributed by atoms with Crippen molar-refractivity contribution in [2.45, 2.75) is 19.9 Å². The van der Waals surface area contributed by atoms with Gasteiger partial charge in [-0.25, -0.2) is 4.98 Å². The summed E-state index contributed by atoms with van der Waals surface area (Å²) in [5.41, 5.74) is 4.39. The predicted octanol–water partition coefficient (Wildman–Crippen LogP) is 2.57. The molecule has 21 heavy (non-hydrogen) atoms. The minimum absolute atomic E-state index is 0.782. The average molecular weight is 299 g/mol. The van der Waals surface area contributed by atoms with E-state index in [1.165, 1.54) is 0 Å². The molecule has 108 valence electrons. The van der Waals surface area contributed by atoms with E-state index in [0.29, 0.717) is 0 Å². The van der Waals surface area contributed by atoms with Crippen molar-refractivity contribution < 1.29 is 0 Å². The lowest BCUT2D eigenvalue weighted by atomic mass is 10.1. The zero-order chi connectivity index (χ0) is 14.5. The summed E-state index contributed by atoms with van der Waals surface area (Å²) in [6.45, 7) is 3.72. The monoisotopic (exact) mass is 299 g/mol. The van der Waals surface area contributed by atoms with Gasteiger partial charge in [-0.3, -0.25) is 10.1 Å². The molecule has 0 bridgehead atoms. The molecule has 3 heterocycles. The summed E-state index contributed by atoms with van der Waals surface area (Å²) in [4.78, 5) is 8.61. The number of thiazole rings is 1. The normalized spacial score (nSPS) is 10.9. The third kappa shape index (κ3) is 3.53. The van der Waals surface area contributed by atoms with Crippen molar-refractivity contribution in [1.82, 2.24) is 25.5 Å². The van der Waals surface area contributed by atoms with Crippen molar-refractivity contribution >= 4 is 11.3 Å². The number of hydrogen-bond donors (Lipinski definition) is 2. The summed E-state index contributed by atoms with van der Waals surface area (Å²) < 4.78 is 0. The van der Waals surface area contributed by atoms with Crippen LogP contribution in [0.5, 0.6) is 0 Å². The molecular weight excluding hydrogens is 282 g/mol. The van der Waals surface area contributed by atoms with Crippen LogP contribution >= 0.6 is 11.3 Å². The minimum atomic E-state index is 0.782. The summed E-state index contributed by atoms with van der Waals surface area (Å²) in [5, 5.41) is 13.9. The summed E-state index contributed by atoms with van der Waals surface area (Å²) in [5.74, 6) is 0. The van der Waals surface area contributed by atoms with Crippen LogP contribution in [0.4, 0.5) is 0 Å². The quantitative estimate of drug-likeness (QED) is 0.687. The lowest BCUT2D eigenvalue weighted by Gasteiger charge is -2.05. The molecule has 0 amide bonds. The second-order valence-corrected chi connectivity index (χ2v) is 5.86. The second kappa shape index (κ2) is 6.60. The van der Waals surface area contributed by atoms with Gasteiger partial charge in [-0.05, 0) is 19.1 Å². The van der Waals surface area contributed by atoms with Gasteiger partial charge in [0.2, 0.25) is 0 Å². The Kier molecular flexibility index (Phi) is 4.37. The van der Waals surface area contributed by atoms with E-state index in [4.69, 9.17) is 0 Å². The van der Waals surface area contributed by atoms with E-state index in [-0.39, 0.29) is 0 Å². The molecule has 2 N–H and O–H groups in total. The summed E-state index contributed by atoms with van der Waals surface area (Å²) in [7, 11) is 0. The number of H-pyrrole nitrogens is 1.